The van der Waals surface area contributed by atoms with Gasteiger partial charge in [0.05, 0.1) is 6.42 Å². The van der Waals surface area contributed by atoms with Gasteiger partial charge in [0.25, 0.3) is 5.91 Å². The van der Waals surface area contributed by atoms with Crippen LogP contribution < -0.4 is 10.6 Å². The number of benzene rings is 2. The summed E-state index contributed by atoms with van der Waals surface area (Å²) in [7, 11) is 0. The van der Waals surface area contributed by atoms with Crippen molar-refractivity contribution in [3.05, 3.63) is 64.7 Å². The fraction of sp³-hybridized carbons (Fsp3) is 0.273. The highest BCUT2D eigenvalue weighted by Crippen LogP contribution is 2.15. The number of hydrogen-bond donors (Lipinski definition) is 3. The molecule has 3 N–H and O–H groups in total. The second-order valence-corrected chi connectivity index (χ2v) is 6.77. The molecule has 0 aromatic heterocycles. The van der Waals surface area contributed by atoms with E-state index in [1.165, 1.54) is 12.1 Å². The van der Waals surface area contributed by atoms with Crippen LogP contribution in [-0.4, -0.2) is 35.2 Å². The molecule has 0 unspecified atom stereocenters. The number of aryl methyl sites for hydroxylation is 2. The number of anilines is 1. The smallest absolute Gasteiger partial charge is 0.305 e. The molecule has 152 valence electrons. The minimum Gasteiger partial charge on any atom is -0.481 e. The first-order valence-electron chi connectivity index (χ1n) is 9.26. The number of rotatable bonds is 9. The summed E-state index contributed by atoms with van der Waals surface area (Å²) < 4.78 is 0. The molecule has 0 atom stereocenters. The summed E-state index contributed by atoms with van der Waals surface area (Å²) in [6.45, 7) is 3.83. The molecule has 0 heterocycles. The van der Waals surface area contributed by atoms with Gasteiger partial charge in [0.1, 0.15) is 0 Å². The van der Waals surface area contributed by atoms with E-state index >= 15 is 0 Å². The fourth-order valence-electron chi connectivity index (χ4n) is 2.71. The Kier molecular flexibility index (Phi) is 7.65. The maximum absolute atomic E-state index is 12.4. The Bertz CT molecular complexity index is 919. The lowest BCUT2D eigenvalue weighted by Gasteiger charge is -2.08. The number of carbonyl (C=O) groups is 4. The Labute approximate surface area is 169 Å². The first-order valence-corrected chi connectivity index (χ1v) is 9.26. The first-order chi connectivity index (χ1) is 13.8. The van der Waals surface area contributed by atoms with Crippen LogP contribution in [0.2, 0.25) is 0 Å². The van der Waals surface area contributed by atoms with Crippen LogP contribution in [0.25, 0.3) is 0 Å². The molecule has 0 aliphatic carbocycles. The summed E-state index contributed by atoms with van der Waals surface area (Å²) in [5, 5.41) is 13.8. The maximum Gasteiger partial charge on any atom is 0.305 e. The fourth-order valence-corrected chi connectivity index (χ4v) is 2.71. The van der Waals surface area contributed by atoms with Gasteiger partial charge in [-0.3, -0.25) is 19.2 Å². The number of amides is 2. The van der Waals surface area contributed by atoms with E-state index in [4.69, 9.17) is 5.11 Å². The maximum atomic E-state index is 12.4. The zero-order valence-corrected chi connectivity index (χ0v) is 16.5. The number of hydrogen-bond acceptors (Lipinski definition) is 4. The minimum atomic E-state index is -0.987. The number of nitrogens with one attached hydrogen (secondary N) is 2. The van der Waals surface area contributed by atoms with Gasteiger partial charge in [0, 0.05) is 36.2 Å². The van der Waals surface area contributed by atoms with Crippen molar-refractivity contribution in [2.45, 2.75) is 33.1 Å². The molecule has 7 nitrogen and oxygen atoms in total. The largest absolute Gasteiger partial charge is 0.481 e. The van der Waals surface area contributed by atoms with E-state index in [9.17, 15) is 19.2 Å². The number of carbonyl (C=O) groups excluding carboxylic acids is 3. The molecule has 2 rings (SSSR count). The van der Waals surface area contributed by atoms with Gasteiger partial charge in [-0.2, -0.15) is 0 Å². The molecular weight excluding hydrogens is 372 g/mol. The predicted molar refractivity (Wildman–Crippen MR) is 109 cm³/mol. The van der Waals surface area contributed by atoms with Crippen molar-refractivity contribution in [2.75, 3.05) is 11.9 Å². The molecule has 0 aliphatic rings. The highest BCUT2D eigenvalue weighted by Gasteiger charge is 2.12. The van der Waals surface area contributed by atoms with Crippen LogP contribution in [-0.2, 0) is 9.59 Å². The third kappa shape index (κ3) is 6.88. The van der Waals surface area contributed by atoms with Crippen molar-refractivity contribution < 1.29 is 24.3 Å². The van der Waals surface area contributed by atoms with Crippen molar-refractivity contribution in [1.82, 2.24) is 5.32 Å². The number of carboxylic acid groups (broad SMARTS) is 1. The van der Waals surface area contributed by atoms with Gasteiger partial charge in [0.2, 0.25) is 5.91 Å². The summed E-state index contributed by atoms with van der Waals surface area (Å²) in [5.74, 6) is -1.74. The highest BCUT2D eigenvalue weighted by atomic mass is 16.4. The van der Waals surface area contributed by atoms with Gasteiger partial charge in [-0.05, 0) is 49.7 Å². The van der Waals surface area contributed by atoms with Crippen molar-refractivity contribution in [3.63, 3.8) is 0 Å². The third-order valence-electron chi connectivity index (χ3n) is 4.33. The number of carboxylic acids is 1. The van der Waals surface area contributed by atoms with Gasteiger partial charge in [0.15, 0.2) is 5.78 Å². The number of aliphatic carboxylic acids is 1. The van der Waals surface area contributed by atoms with Gasteiger partial charge in [-0.25, -0.2) is 0 Å². The van der Waals surface area contributed by atoms with Gasteiger partial charge in [-0.15, -0.1) is 0 Å². The molecule has 2 amide bonds. The molecule has 0 bridgehead atoms. The SMILES string of the molecule is Cc1ccc(C)c(C(=O)CCC(=O)Nc2ccc(C(=O)NCCC(=O)O)cc2)c1. The standard InChI is InChI=1S/C22H24N2O5/c1-14-3-4-15(2)18(13-14)19(25)9-10-20(26)24-17-7-5-16(6-8-17)22(29)23-12-11-21(27)28/h3-8,13H,9-12H2,1-2H3,(H,23,29)(H,24,26)(H,27,28). The number of ketones is 1. The van der Waals surface area contributed by atoms with Crippen LogP contribution in [0.1, 0.15) is 51.1 Å². The molecular formula is C22H24N2O5. The molecule has 0 radical (unpaired) electrons. The Morgan fingerprint density at radius 3 is 2.24 bits per heavy atom. The molecule has 2 aromatic rings. The Hall–Kier alpha value is -3.48. The molecule has 0 saturated heterocycles. The van der Waals surface area contributed by atoms with Crippen molar-refractivity contribution >= 4 is 29.3 Å². The van der Waals surface area contributed by atoms with E-state index in [1.807, 2.05) is 32.0 Å². The molecule has 29 heavy (non-hydrogen) atoms. The molecule has 0 spiro atoms. The van der Waals surface area contributed by atoms with Crippen molar-refractivity contribution in [1.29, 1.82) is 0 Å². The third-order valence-corrected chi connectivity index (χ3v) is 4.33. The second-order valence-electron chi connectivity index (χ2n) is 6.77. The van der Waals surface area contributed by atoms with E-state index < -0.39 is 5.97 Å². The van der Waals surface area contributed by atoms with Crippen LogP contribution in [0.5, 0.6) is 0 Å². The topological polar surface area (TPSA) is 113 Å². The van der Waals surface area contributed by atoms with Gasteiger partial charge in [-0.1, -0.05) is 17.7 Å². The minimum absolute atomic E-state index is 0.0428. The predicted octanol–water partition coefficient (Wildman–Crippen LogP) is 3.11. The van der Waals surface area contributed by atoms with Gasteiger partial charge >= 0.3 is 5.97 Å². The lowest BCUT2D eigenvalue weighted by atomic mass is 9.99. The molecule has 0 saturated carbocycles. The van der Waals surface area contributed by atoms with E-state index in [0.717, 1.165) is 11.1 Å². The Morgan fingerprint density at radius 1 is 0.897 bits per heavy atom. The van der Waals surface area contributed by atoms with E-state index in [2.05, 4.69) is 10.6 Å². The van der Waals surface area contributed by atoms with E-state index in [0.29, 0.717) is 16.8 Å². The van der Waals surface area contributed by atoms with Crippen LogP contribution in [0.3, 0.4) is 0 Å². The summed E-state index contributed by atoms with van der Waals surface area (Å²) in [5.41, 5.74) is 3.39. The molecule has 7 heteroatoms. The van der Waals surface area contributed by atoms with Crippen LogP contribution in [0.4, 0.5) is 5.69 Å². The zero-order chi connectivity index (χ0) is 21.4. The lowest BCUT2D eigenvalue weighted by Crippen LogP contribution is -2.25. The number of Topliss-reactive ketones (excluding diaryl/α,β-unsaturated/α-hetero) is 1. The second kappa shape index (κ2) is 10.2. The molecule has 2 aromatic carbocycles. The summed E-state index contributed by atoms with van der Waals surface area (Å²) in [4.78, 5) is 46.8. The highest BCUT2D eigenvalue weighted by molar-refractivity contribution is 6.01. The van der Waals surface area contributed by atoms with Gasteiger partial charge < -0.3 is 15.7 Å². The average Bonchev–Trinajstić information content (AvgIpc) is 2.68. The summed E-state index contributed by atoms with van der Waals surface area (Å²) in [6.07, 6.45) is 0.0184. The zero-order valence-electron chi connectivity index (χ0n) is 16.5. The normalized spacial score (nSPS) is 10.3. The van der Waals surface area contributed by atoms with Crippen molar-refractivity contribution in [2.24, 2.45) is 0 Å². The average molecular weight is 396 g/mol. The lowest BCUT2D eigenvalue weighted by molar-refractivity contribution is -0.136. The van der Waals surface area contributed by atoms with E-state index in [1.54, 1.807) is 12.1 Å². The quantitative estimate of drug-likeness (QED) is 0.564. The molecule has 0 fully saturated rings. The Balaban J connectivity index is 1.84. The van der Waals surface area contributed by atoms with E-state index in [-0.39, 0.29) is 43.4 Å². The summed E-state index contributed by atoms with van der Waals surface area (Å²) in [6, 6.07) is 11.9. The Morgan fingerprint density at radius 2 is 1.59 bits per heavy atom. The van der Waals surface area contributed by atoms with Crippen LogP contribution >= 0.6 is 0 Å². The van der Waals surface area contributed by atoms with Crippen LogP contribution in [0, 0.1) is 13.8 Å². The van der Waals surface area contributed by atoms with Crippen LogP contribution in [0.15, 0.2) is 42.5 Å². The molecule has 0 aliphatic heterocycles. The monoisotopic (exact) mass is 396 g/mol. The first kappa shape index (κ1) is 21.8. The van der Waals surface area contributed by atoms with Crippen molar-refractivity contribution in [3.8, 4) is 0 Å². The summed E-state index contributed by atoms with van der Waals surface area (Å²) >= 11 is 0.